The summed E-state index contributed by atoms with van der Waals surface area (Å²) in [7, 11) is 0. The van der Waals surface area contributed by atoms with Crippen molar-refractivity contribution < 1.29 is 5.11 Å². The molecule has 1 nitrogen and oxygen atoms in total. The lowest BCUT2D eigenvalue weighted by atomic mass is 9.88. The van der Waals surface area contributed by atoms with E-state index in [0.29, 0.717) is 6.42 Å². The maximum Gasteiger partial charge on any atom is 0.0831 e. The third kappa shape index (κ3) is 4.14. The van der Waals surface area contributed by atoms with Crippen LogP contribution in [0.2, 0.25) is 0 Å². The van der Waals surface area contributed by atoms with Gasteiger partial charge in [-0.25, -0.2) is 0 Å². The molecule has 4 aromatic rings. The van der Waals surface area contributed by atoms with Crippen molar-refractivity contribution >= 4 is 22.5 Å². The molecule has 0 fully saturated rings. The number of rotatable bonds is 6. The van der Waals surface area contributed by atoms with E-state index in [1.165, 1.54) is 16.0 Å². The molecule has 1 heterocycles. The van der Waals surface area contributed by atoms with Crippen molar-refractivity contribution in [3.05, 3.63) is 130 Å². The van der Waals surface area contributed by atoms with E-state index in [9.17, 15) is 5.11 Å². The molecule has 0 saturated carbocycles. The third-order valence-electron chi connectivity index (χ3n) is 4.83. The van der Waals surface area contributed by atoms with Crippen molar-refractivity contribution in [1.29, 1.82) is 0 Å². The van der Waals surface area contributed by atoms with Crippen molar-refractivity contribution in [3.63, 3.8) is 0 Å². The van der Waals surface area contributed by atoms with Crippen LogP contribution in [0, 0.1) is 0 Å². The Morgan fingerprint density at radius 3 is 1.71 bits per heavy atom. The van der Waals surface area contributed by atoms with Gasteiger partial charge in [0.25, 0.3) is 0 Å². The van der Waals surface area contributed by atoms with E-state index in [1.54, 1.807) is 11.3 Å². The van der Waals surface area contributed by atoms with E-state index >= 15 is 0 Å². The molecule has 0 bridgehead atoms. The van der Waals surface area contributed by atoms with Crippen LogP contribution in [0.25, 0.3) is 11.1 Å². The van der Waals surface area contributed by atoms with Gasteiger partial charge in [-0.05, 0) is 39.3 Å². The summed E-state index contributed by atoms with van der Waals surface area (Å²) in [6.45, 7) is 0. The van der Waals surface area contributed by atoms with Crippen molar-refractivity contribution in [2.45, 2.75) is 12.5 Å². The molecule has 28 heavy (non-hydrogen) atoms. The van der Waals surface area contributed by atoms with E-state index in [1.807, 2.05) is 42.5 Å². The zero-order chi connectivity index (χ0) is 19.2. The smallest absolute Gasteiger partial charge is 0.0831 e. The summed E-state index contributed by atoms with van der Waals surface area (Å²) in [5.74, 6) is 0. The number of hydrogen-bond donors (Lipinski definition) is 1. The van der Waals surface area contributed by atoms with Crippen LogP contribution >= 0.6 is 11.3 Å². The Kier molecular flexibility index (Phi) is 5.81. The van der Waals surface area contributed by atoms with E-state index in [4.69, 9.17) is 0 Å². The summed E-state index contributed by atoms with van der Waals surface area (Å²) in [6, 6.07) is 35.0. The molecule has 1 N–H and O–H groups in total. The van der Waals surface area contributed by atoms with Gasteiger partial charge in [0.15, 0.2) is 0 Å². The highest BCUT2D eigenvalue weighted by Crippen LogP contribution is 2.39. The lowest BCUT2D eigenvalue weighted by molar-refractivity contribution is 0.184. The fourth-order valence-electron chi connectivity index (χ4n) is 3.49. The Morgan fingerprint density at radius 1 is 0.679 bits per heavy atom. The second-order valence-corrected chi connectivity index (χ2v) is 7.64. The zero-order valence-corrected chi connectivity index (χ0v) is 16.3. The van der Waals surface area contributed by atoms with Crippen LogP contribution < -0.4 is 0 Å². The Balaban J connectivity index is 1.89. The lowest BCUT2D eigenvalue weighted by Crippen LogP contribution is -2.02. The molecule has 0 amide bonds. The Bertz CT molecular complexity index is 978. The van der Waals surface area contributed by atoms with Gasteiger partial charge in [-0.1, -0.05) is 97.1 Å². The first-order valence-electron chi connectivity index (χ1n) is 9.44. The monoisotopic (exact) mass is 382 g/mol. The van der Waals surface area contributed by atoms with Crippen LogP contribution in [-0.4, -0.2) is 5.11 Å². The minimum absolute atomic E-state index is 0.555. The van der Waals surface area contributed by atoms with Gasteiger partial charge in [0.05, 0.1) is 6.10 Å². The molecule has 0 spiro atoms. The Morgan fingerprint density at radius 2 is 1.21 bits per heavy atom. The summed E-state index contributed by atoms with van der Waals surface area (Å²) < 4.78 is 0. The van der Waals surface area contributed by atoms with Crippen LogP contribution in [0.5, 0.6) is 0 Å². The maximum atomic E-state index is 11.0. The first-order valence-corrected chi connectivity index (χ1v) is 10.3. The molecule has 0 aliphatic carbocycles. The van der Waals surface area contributed by atoms with Crippen molar-refractivity contribution in [1.82, 2.24) is 0 Å². The molecule has 0 saturated heterocycles. The second-order valence-electron chi connectivity index (χ2n) is 6.69. The number of aliphatic hydroxyl groups is 1. The molecule has 4 rings (SSSR count). The van der Waals surface area contributed by atoms with Crippen LogP contribution in [-0.2, 0) is 0 Å². The first-order chi connectivity index (χ1) is 13.8. The van der Waals surface area contributed by atoms with E-state index in [0.717, 1.165) is 16.7 Å². The third-order valence-corrected chi connectivity index (χ3v) is 5.76. The predicted octanol–water partition coefficient (Wildman–Crippen LogP) is 6.83. The van der Waals surface area contributed by atoms with Gasteiger partial charge in [0.1, 0.15) is 0 Å². The molecular weight excluding hydrogens is 360 g/mol. The molecule has 0 radical (unpaired) electrons. The summed E-state index contributed by atoms with van der Waals surface area (Å²) in [5.41, 5.74) is 5.62. The van der Waals surface area contributed by atoms with Crippen LogP contribution in [0.3, 0.4) is 0 Å². The lowest BCUT2D eigenvalue weighted by Gasteiger charge is -2.19. The molecule has 1 aromatic heterocycles. The largest absolute Gasteiger partial charge is 0.388 e. The van der Waals surface area contributed by atoms with Crippen molar-refractivity contribution in [2.75, 3.05) is 0 Å². The number of benzene rings is 3. The summed E-state index contributed by atoms with van der Waals surface area (Å²) in [6.07, 6.45) is 0.00429. The second kappa shape index (κ2) is 8.83. The summed E-state index contributed by atoms with van der Waals surface area (Å²) in [5, 5.41) is 13.1. The molecule has 138 valence electrons. The first kappa shape index (κ1) is 18.4. The standard InChI is InChI=1S/C26H22OS/c27-24(20-11-4-1-5-12-20)19-23(25-17-10-18-28-25)26(21-13-6-2-7-14-21)22-15-8-3-9-16-22/h1-18,24,27H,19H2. The van der Waals surface area contributed by atoms with Gasteiger partial charge in [-0.15, -0.1) is 11.3 Å². The number of thiophene rings is 1. The van der Waals surface area contributed by atoms with E-state index in [2.05, 4.69) is 66.0 Å². The van der Waals surface area contributed by atoms with Crippen molar-refractivity contribution in [3.8, 4) is 0 Å². The van der Waals surface area contributed by atoms with Gasteiger partial charge >= 0.3 is 0 Å². The summed E-state index contributed by atoms with van der Waals surface area (Å²) in [4.78, 5) is 1.19. The molecule has 0 aliphatic rings. The summed E-state index contributed by atoms with van der Waals surface area (Å²) >= 11 is 1.72. The minimum Gasteiger partial charge on any atom is -0.388 e. The van der Waals surface area contributed by atoms with Crippen molar-refractivity contribution in [2.24, 2.45) is 0 Å². The quantitative estimate of drug-likeness (QED) is 0.387. The molecule has 1 unspecified atom stereocenters. The zero-order valence-electron chi connectivity index (χ0n) is 15.5. The average molecular weight is 383 g/mol. The van der Waals surface area contributed by atoms with Gasteiger partial charge in [0, 0.05) is 11.3 Å². The minimum atomic E-state index is -0.555. The fourth-order valence-corrected chi connectivity index (χ4v) is 4.28. The number of aliphatic hydroxyl groups excluding tert-OH is 1. The molecular formula is C26H22OS. The highest BCUT2D eigenvalue weighted by Gasteiger charge is 2.19. The van der Waals surface area contributed by atoms with Crippen LogP contribution in [0.1, 0.15) is 34.1 Å². The molecule has 2 heteroatoms. The number of hydrogen-bond acceptors (Lipinski definition) is 2. The molecule has 3 aromatic carbocycles. The SMILES string of the molecule is OC(CC(=C(c1ccccc1)c1ccccc1)c1cccs1)c1ccccc1. The van der Waals surface area contributed by atoms with Gasteiger partial charge in [-0.3, -0.25) is 0 Å². The van der Waals surface area contributed by atoms with Crippen LogP contribution in [0.4, 0.5) is 0 Å². The van der Waals surface area contributed by atoms with Gasteiger partial charge in [-0.2, -0.15) is 0 Å². The average Bonchev–Trinajstić information content (AvgIpc) is 3.30. The highest BCUT2D eigenvalue weighted by molar-refractivity contribution is 7.11. The van der Waals surface area contributed by atoms with Gasteiger partial charge < -0.3 is 5.11 Å². The fraction of sp³-hybridized carbons (Fsp3) is 0.0769. The predicted molar refractivity (Wildman–Crippen MR) is 119 cm³/mol. The molecule has 0 aliphatic heterocycles. The highest BCUT2D eigenvalue weighted by atomic mass is 32.1. The normalized spacial score (nSPS) is 11.8. The molecule has 1 atom stereocenters. The van der Waals surface area contributed by atoms with E-state index < -0.39 is 6.10 Å². The Hall–Kier alpha value is -2.94. The van der Waals surface area contributed by atoms with E-state index in [-0.39, 0.29) is 0 Å². The van der Waals surface area contributed by atoms with Gasteiger partial charge in [0.2, 0.25) is 0 Å². The van der Waals surface area contributed by atoms with Crippen LogP contribution in [0.15, 0.2) is 109 Å². The maximum absolute atomic E-state index is 11.0. The Labute approximate surface area is 170 Å². The topological polar surface area (TPSA) is 20.2 Å².